The summed E-state index contributed by atoms with van der Waals surface area (Å²) in [5, 5.41) is 4.38. The molecule has 0 aliphatic heterocycles. The number of aromatic nitrogens is 3. The van der Waals surface area contributed by atoms with Crippen LogP contribution in [-0.2, 0) is 6.42 Å². The third kappa shape index (κ3) is 3.99. The number of halogens is 2. The van der Waals surface area contributed by atoms with Gasteiger partial charge in [0.25, 0.3) is 0 Å². The first-order valence-electron chi connectivity index (χ1n) is 8.16. The van der Waals surface area contributed by atoms with Crippen molar-refractivity contribution < 1.29 is 8.78 Å². The largest absolute Gasteiger partial charge is 0.260 e. The molecule has 0 radical (unpaired) electrons. The number of pyridine rings is 2. The summed E-state index contributed by atoms with van der Waals surface area (Å²) in [6.07, 6.45) is 6.71. The normalized spacial score (nSPS) is 12.6. The molecule has 0 aliphatic carbocycles. The van der Waals surface area contributed by atoms with Crippen molar-refractivity contribution in [3.05, 3.63) is 78.3 Å². The average Bonchev–Trinajstić information content (AvgIpc) is 3.10. The summed E-state index contributed by atoms with van der Waals surface area (Å²) in [5.74, 6) is 0. The maximum atomic E-state index is 12.3. The number of fused-ring (bicyclic) bond motifs is 1. The van der Waals surface area contributed by atoms with Crippen molar-refractivity contribution in [1.29, 1.82) is 0 Å². The Bertz CT molecular complexity index is 910. The Morgan fingerprint density at radius 3 is 2.84 bits per heavy atom. The zero-order valence-electron chi connectivity index (χ0n) is 13.9. The quantitative estimate of drug-likeness (QED) is 0.585. The van der Waals surface area contributed by atoms with Crippen LogP contribution < -0.4 is 0 Å². The summed E-state index contributed by atoms with van der Waals surface area (Å²) in [4.78, 5) is 4.51. The van der Waals surface area contributed by atoms with Gasteiger partial charge >= 0.3 is 0 Å². The fourth-order valence-electron chi connectivity index (χ4n) is 2.74. The van der Waals surface area contributed by atoms with Gasteiger partial charge in [0, 0.05) is 24.6 Å². The first-order chi connectivity index (χ1) is 12.2. The predicted octanol–water partition coefficient (Wildman–Crippen LogP) is 5.10. The van der Waals surface area contributed by atoms with E-state index in [0.717, 1.165) is 28.0 Å². The molecule has 0 N–H and O–H groups in total. The van der Waals surface area contributed by atoms with Crippen molar-refractivity contribution in [2.24, 2.45) is 0 Å². The number of hydrogen-bond acceptors (Lipinski definition) is 2. The molecule has 128 valence electrons. The van der Waals surface area contributed by atoms with Crippen molar-refractivity contribution in [3.8, 4) is 11.3 Å². The van der Waals surface area contributed by atoms with E-state index in [1.165, 1.54) is 6.08 Å². The second-order valence-corrected chi connectivity index (χ2v) is 5.65. The fraction of sp³-hybridized carbons (Fsp3) is 0.200. The number of rotatable bonds is 6. The highest BCUT2D eigenvalue weighted by Gasteiger charge is 2.11. The van der Waals surface area contributed by atoms with Gasteiger partial charge in [-0.2, -0.15) is 5.10 Å². The second-order valence-electron chi connectivity index (χ2n) is 5.65. The van der Waals surface area contributed by atoms with Gasteiger partial charge in [-0.05, 0) is 42.8 Å². The third-order valence-electron chi connectivity index (χ3n) is 3.98. The van der Waals surface area contributed by atoms with Crippen LogP contribution in [0.1, 0.15) is 19.0 Å². The minimum absolute atomic E-state index is 0.237. The van der Waals surface area contributed by atoms with Crippen LogP contribution in [-0.4, -0.2) is 21.0 Å². The van der Waals surface area contributed by atoms with Crippen molar-refractivity contribution in [1.82, 2.24) is 14.6 Å². The standard InChI is InChI=1S/C20H19F2N3/c1-2-15(6-3-10-20(21)22)14-18-17(8-5-12-23-18)19-9-4-7-16-11-13-24-25(16)19/h2-9,11-13,20H,10,14H2,1H3/b6-3-,15-2+. The Kier molecular flexibility index (Phi) is 5.33. The number of nitrogens with zero attached hydrogens (tertiary/aromatic N) is 3. The molecule has 5 heteroatoms. The number of alkyl halides is 2. The Labute approximate surface area is 145 Å². The van der Waals surface area contributed by atoms with Crippen LogP contribution >= 0.6 is 0 Å². The molecule has 0 atom stereocenters. The topological polar surface area (TPSA) is 30.2 Å². The van der Waals surface area contributed by atoms with E-state index in [2.05, 4.69) is 10.1 Å². The third-order valence-corrected chi connectivity index (χ3v) is 3.98. The molecule has 0 spiro atoms. The van der Waals surface area contributed by atoms with Gasteiger partial charge in [0.15, 0.2) is 0 Å². The monoisotopic (exact) mass is 339 g/mol. The predicted molar refractivity (Wildman–Crippen MR) is 95.6 cm³/mol. The van der Waals surface area contributed by atoms with E-state index in [9.17, 15) is 8.78 Å². The molecule has 3 nitrogen and oxygen atoms in total. The summed E-state index contributed by atoms with van der Waals surface area (Å²) in [6, 6.07) is 11.8. The molecule has 0 bridgehead atoms. The number of hydrogen-bond donors (Lipinski definition) is 0. The van der Waals surface area contributed by atoms with Crippen molar-refractivity contribution in [2.75, 3.05) is 0 Å². The highest BCUT2D eigenvalue weighted by molar-refractivity contribution is 5.66. The fourth-order valence-corrected chi connectivity index (χ4v) is 2.74. The Morgan fingerprint density at radius 2 is 2.04 bits per heavy atom. The maximum absolute atomic E-state index is 12.3. The molecule has 0 saturated carbocycles. The average molecular weight is 339 g/mol. The highest BCUT2D eigenvalue weighted by Crippen LogP contribution is 2.25. The first kappa shape index (κ1) is 17.0. The summed E-state index contributed by atoms with van der Waals surface area (Å²) in [5.41, 5.74) is 4.79. The number of allylic oxidation sites excluding steroid dienone is 4. The molecule has 0 unspecified atom stereocenters. The van der Waals surface area contributed by atoms with Gasteiger partial charge in [0.1, 0.15) is 0 Å². The van der Waals surface area contributed by atoms with E-state index >= 15 is 0 Å². The van der Waals surface area contributed by atoms with Crippen molar-refractivity contribution >= 4 is 5.52 Å². The van der Waals surface area contributed by atoms with Gasteiger partial charge in [-0.25, -0.2) is 13.3 Å². The second kappa shape index (κ2) is 7.83. The highest BCUT2D eigenvalue weighted by atomic mass is 19.3. The molecule has 0 fully saturated rings. The lowest BCUT2D eigenvalue weighted by molar-refractivity contribution is 0.152. The van der Waals surface area contributed by atoms with Crippen LogP contribution in [0.3, 0.4) is 0 Å². The zero-order valence-corrected chi connectivity index (χ0v) is 13.9. The Hall–Kier alpha value is -2.82. The minimum Gasteiger partial charge on any atom is -0.260 e. The van der Waals surface area contributed by atoms with Crippen LogP contribution in [0.2, 0.25) is 0 Å². The SMILES string of the molecule is C/C=C(\C=C/CC(F)F)Cc1ncccc1-c1cccc2ccnn12. The van der Waals surface area contributed by atoms with Crippen LogP contribution in [0.15, 0.2) is 72.6 Å². The van der Waals surface area contributed by atoms with E-state index < -0.39 is 6.43 Å². The molecule has 3 rings (SSSR count). The van der Waals surface area contributed by atoms with Gasteiger partial charge in [-0.15, -0.1) is 0 Å². The lowest BCUT2D eigenvalue weighted by Crippen LogP contribution is -2.00. The first-order valence-corrected chi connectivity index (χ1v) is 8.16. The van der Waals surface area contributed by atoms with Crippen molar-refractivity contribution in [2.45, 2.75) is 26.2 Å². The molecular weight excluding hydrogens is 320 g/mol. The lowest BCUT2D eigenvalue weighted by atomic mass is 10.0. The van der Waals surface area contributed by atoms with E-state index in [4.69, 9.17) is 0 Å². The van der Waals surface area contributed by atoms with Gasteiger partial charge in [-0.1, -0.05) is 24.3 Å². The van der Waals surface area contributed by atoms with Gasteiger partial charge in [-0.3, -0.25) is 4.98 Å². The van der Waals surface area contributed by atoms with Crippen LogP contribution in [0, 0.1) is 0 Å². The summed E-state index contributed by atoms with van der Waals surface area (Å²) in [7, 11) is 0. The van der Waals surface area contributed by atoms with E-state index in [0.29, 0.717) is 6.42 Å². The van der Waals surface area contributed by atoms with Crippen LogP contribution in [0.25, 0.3) is 16.8 Å². The molecule has 0 saturated heterocycles. The molecule has 3 aromatic heterocycles. The van der Waals surface area contributed by atoms with Gasteiger partial charge < -0.3 is 0 Å². The zero-order chi connectivity index (χ0) is 17.6. The Balaban J connectivity index is 1.94. The molecular formula is C20H19F2N3. The van der Waals surface area contributed by atoms with E-state index in [1.54, 1.807) is 18.5 Å². The maximum Gasteiger partial charge on any atom is 0.242 e. The minimum atomic E-state index is -2.32. The molecule has 0 amide bonds. The van der Waals surface area contributed by atoms with E-state index in [1.807, 2.05) is 53.9 Å². The van der Waals surface area contributed by atoms with Crippen LogP contribution in [0.4, 0.5) is 8.78 Å². The van der Waals surface area contributed by atoms with Gasteiger partial charge in [0.05, 0.1) is 23.1 Å². The van der Waals surface area contributed by atoms with Gasteiger partial charge in [0.2, 0.25) is 6.43 Å². The van der Waals surface area contributed by atoms with Crippen molar-refractivity contribution in [3.63, 3.8) is 0 Å². The molecule has 0 aliphatic rings. The molecule has 3 aromatic rings. The summed E-state index contributed by atoms with van der Waals surface area (Å²) < 4.78 is 26.5. The summed E-state index contributed by atoms with van der Waals surface area (Å²) in [6.45, 7) is 1.90. The molecule has 0 aromatic carbocycles. The lowest BCUT2D eigenvalue weighted by Gasteiger charge is -2.11. The van der Waals surface area contributed by atoms with E-state index in [-0.39, 0.29) is 6.42 Å². The summed E-state index contributed by atoms with van der Waals surface area (Å²) >= 11 is 0. The molecule has 3 heterocycles. The smallest absolute Gasteiger partial charge is 0.242 e. The van der Waals surface area contributed by atoms with Crippen LogP contribution in [0.5, 0.6) is 0 Å². The molecule has 25 heavy (non-hydrogen) atoms. The Morgan fingerprint density at radius 1 is 1.16 bits per heavy atom.